The standard InChI is InChI=1S/C40H44ClNO8/c41-33-14-9-26(6-5-25-7-10-27(11-8-25)34(44)15-16-35(45)38(47)39(48)36(46)23-43)21-28(33)24-49-40(18-19-40)32-22-42-20-17-30(32)31-3-1-2-4-37(31)50-29-12-13-29/h1-4,7-11,14,17,20-22,29,35-36,38-39,43,45-48H,5-6,12-13,15-16,18-19,23-24H2/t35-,36+,38+,39+/m0/s1. The van der Waals surface area contributed by atoms with Crippen LogP contribution in [0.15, 0.2) is 85.2 Å². The summed E-state index contributed by atoms with van der Waals surface area (Å²) in [5, 5.41) is 49.0. The van der Waals surface area contributed by atoms with E-state index in [9.17, 15) is 25.2 Å². The summed E-state index contributed by atoms with van der Waals surface area (Å²) in [7, 11) is 0. The van der Waals surface area contributed by atoms with Gasteiger partial charge >= 0.3 is 0 Å². The van der Waals surface area contributed by atoms with E-state index in [0.29, 0.717) is 23.3 Å². The Morgan fingerprint density at radius 1 is 0.880 bits per heavy atom. The second-order valence-electron chi connectivity index (χ2n) is 13.4. The average molecular weight is 702 g/mol. The van der Waals surface area contributed by atoms with E-state index in [-0.39, 0.29) is 18.6 Å². The summed E-state index contributed by atoms with van der Waals surface area (Å²) >= 11 is 6.65. The van der Waals surface area contributed by atoms with Crippen LogP contribution in [0, 0.1) is 0 Å². The molecule has 0 unspecified atom stereocenters. The van der Waals surface area contributed by atoms with E-state index in [1.165, 1.54) is 0 Å². The van der Waals surface area contributed by atoms with E-state index < -0.39 is 36.6 Å². The fourth-order valence-corrected chi connectivity index (χ4v) is 6.34. The lowest BCUT2D eigenvalue weighted by Gasteiger charge is -2.25. The predicted octanol–water partition coefficient (Wildman–Crippen LogP) is 5.33. The minimum Gasteiger partial charge on any atom is -0.490 e. The van der Waals surface area contributed by atoms with Crippen molar-refractivity contribution in [1.82, 2.24) is 4.98 Å². The molecule has 9 nitrogen and oxygen atoms in total. The maximum atomic E-state index is 12.7. The number of carbonyl (C=O) groups excluding carboxylic acids is 1. The third-order valence-corrected chi connectivity index (χ3v) is 9.96. The Balaban J connectivity index is 1.04. The molecule has 3 aromatic carbocycles. The number of benzene rings is 3. The summed E-state index contributed by atoms with van der Waals surface area (Å²) in [6, 6.07) is 23.5. The summed E-state index contributed by atoms with van der Waals surface area (Å²) in [6.45, 7) is -0.393. The van der Waals surface area contributed by atoms with Crippen molar-refractivity contribution in [3.8, 4) is 16.9 Å². The number of ether oxygens (including phenoxy) is 2. The van der Waals surface area contributed by atoms with Gasteiger partial charge in [-0.25, -0.2) is 0 Å². The number of pyridine rings is 1. The summed E-state index contributed by atoms with van der Waals surface area (Å²) in [6.07, 6.45) is 2.93. The molecule has 1 aromatic heterocycles. The molecule has 1 heterocycles. The highest BCUT2D eigenvalue weighted by Gasteiger charge is 2.48. The molecule has 10 heteroatoms. The van der Waals surface area contributed by atoms with E-state index >= 15 is 0 Å². The maximum Gasteiger partial charge on any atom is 0.162 e. The lowest BCUT2D eigenvalue weighted by Crippen LogP contribution is -2.45. The van der Waals surface area contributed by atoms with E-state index in [4.69, 9.17) is 26.2 Å². The summed E-state index contributed by atoms with van der Waals surface area (Å²) < 4.78 is 12.9. The zero-order valence-corrected chi connectivity index (χ0v) is 28.6. The number of aliphatic hydroxyl groups is 5. The number of aryl methyl sites for hydroxylation is 2. The second-order valence-corrected chi connectivity index (χ2v) is 13.8. The van der Waals surface area contributed by atoms with E-state index in [0.717, 1.165) is 77.7 Å². The van der Waals surface area contributed by atoms with Gasteiger partial charge in [0.15, 0.2) is 5.78 Å². The van der Waals surface area contributed by atoms with Gasteiger partial charge in [-0.05, 0) is 85.4 Å². The topological polar surface area (TPSA) is 150 Å². The first-order valence-electron chi connectivity index (χ1n) is 17.2. The normalized spacial score (nSPS) is 17.5. The van der Waals surface area contributed by atoms with Gasteiger partial charge in [-0.3, -0.25) is 9.78 Å². The van der Waals surface area contributed by atoms with Gasteiger partial charge in [-0.1, -0.05) is 66.2 Å². The minimum absolute atomic E-state index is 0.0549. The Kier molecular flexibility index (Phi) is 11.7. The summed E-state index contributed by atoms with van der Waals surface area (Å²) in [4.78, 5) is 17.2. The number of hydrogen-bond donors (Lipinski definition) is 5. The van der Waals surface area contributed by atoms with Crippen molar-refractivity contribution in [3.63, 3.8) is 0 Å². The van der Waals surface area contributed by atoms with Crippen molar-refractivity contribution in [2.75, 3.05) is 6.61 Å². The van der Waals surface area contributed by atoms with Gasteiger partial charge in [0.05, 0.1) is 31.0 Å². The molecule has 264 valence electrons. The highest BCUT2D eigenvalue weighted by molar-refractivity contribution is 6.31. The van der Waals surface area contributed by atoms with E-state index in [2.05, 4.69) is 17.1 Å². The van der Waals surface area contributed by atoms with Crippen molar-refractivity contribution in [2.24, 2.45) is 0 Å². The summed E-state index contributed by atoms with van der Waals surface area (Å²) in [5.74, 6) is 0.672. The quantitative estimate of drug-likeness (QED) is 0.0868. The Labute approximate surface area is 297 Å². The van der Waals surface area contributed by atoms with Gasteiger partial charge in [0.2, 0.25) is 0 Å². The molecule has 0 radical (unpaired) electrons. The Morgan fingerprint density at radius 2 is 1.58 bits per heavy atom. The number of para-hydroxylation sites is 1. The van der Waals surface area contributed by atoms with E-state index in [1.54, 1.807) is 12.1 Å². The number of hydrogen-bond acceptors (Lipinski definition) is 9. The molecule has 0 bridgehead atoms. The number of carbonyl (C=O) groups is 1. The van der Waals surface area contributed by atoms with Gasteiger partial charge in [0, 0.05) is 40.5 Å². The molecule has 4 aromatic rings. The van der Waals surface area contributed by atoms with Crippen molar-refractivity contribution in [2.45, 2.75) is 94.1 Å². The molecule has 0 amide bonds. The fourth-order valence-electron chi connectivity index (χ4n) is 6.17. The number of rotatable bonds is 18. The smallest absolute Gasteiger partial charge is 0.162 e. The number of halogens is 1. The van der Waals surface area contributed by atoms with Crippen LogP contribution in [0.2, 0.25) is 5.02 Å². The second kappa shape index (κ2) is 16.1. The minimum atomic E-state index is -1.72. The predicted molar refractivity (Wildman–Crippen MR) is 189 cm³/mol. The zero-order chi connectivity index (χ0) is 35.3. The highest BCUT2D eigenvalue weighted by atomic mass is 35.5. The zero-order valence-electron chi connectivity index (χ0n) is 27.8. The van der Waals surface area contributed by atoms with Crippen molar-refractivity contribution < 1.29 is 39.8 Å². The molecule has 0 saturated heterocycles. The number of aliphatic hydroxyl groups excluding tert-OH is 5. The number of nitrogens with zero attached hydrogens (tertiary/aromatic N) is 1. The summed E-state index contributed by atoms with van der Waals surface area (Å²) in [5.41, 5.74) is 6.32. The largest absolute Gasteiger partial charge is 0.490 e. The first-order valence-corrected chi connectivity index (χ1v) is 17.6. The molecule has 50 heavy (non-hydrogen) atoms. The first-order chi connectivity index (χ1) is 24.2. The van der Waals surface area contributed by atoms with Crippen molar-refractivity contribution >= 4 is 17.4 Å². The van der Waals surface area contributed by atoms with Gasteiger partial charge in [0.25, 0.3) is 0 Å². The Morgan fingerprint density at radius 3 is 2.30 bits per heavy atom. The van der Waals surface area contributed by atoms with Crippen LogP contribution in [0.25, 0.3) is 11.1 Å². The lowest BCUT2D eigenvalue weighted by atomic mass is 9.96. The third-order valence-electron chi connectivity index (χ3n) is 9.60. The molecular weight excluding hydrogens is 658 g/mol. The Hall–Kier alpha value is -3.67. The molecule has 0 aliphatic heterocycles. The van der Waals surface area contributed by atoms with Gasteiger partial charge < -0.3 is 35.0 Å². The van der Waals surface area contributed by atoms with Crippen LogP contribution in [0.4, 0.5) is 0 Å². The first kappa shape index (κ1) is 36.1. The third kappa shape index (κ3) is 8.79. The van der Waals surface area contributed by atoms with Crippen LogP contribution in [0.1, 0.15) is 71.1 Å². The molecular formula is C40H44ClNO8. The van der Waals surface area contributed by atoms with Crippen LogP contribution < -0.4 is 4.74 Å². The fraction of sp³-hybridized carbons (Fsp3) is 0.400. The monoisotopic (exact) mass is 701 g/mol. The number of aromatic nitrogens is 1. The highest BCUT2D eigenvalue weighted by Crippen LogP contribution is 2.53. The molecule has 6 rings (SSSR count). The van der Waals surface area contributed by atoms with Crippen LogP contribution in [-0.2, 0) is 29.8 Å². The Bertz CT molecular complexity index is 1760. The number of Topliss-reactive ketones (excluding diaryl/α,β-unsaturated/α-hetero) is 1. The molecule has 2 fully saturated rings. The molecule has 0 spiro atoms. The molecule has 2 saturated carbocycles. The van der Waals surface area contributed by atoms with Gasteiger partial charge in [0.1, 0.15) is 24.1 Å². The molecule has 5 N–H and O–H groups in total. The van der Waals surface area contributed by atoms with Crippen molar-refractivity contribution in [1.29, 1.82) is 0 Å². The van der Waals surface area contributed by atoms with Crippen molar-refractivity contribution in [3.05, 3.63) is 118 Å². The van der Waals surface area contributed by atoms with Gasteiger partial charge in [-0.15, -0.1) is 0 Å². The SMILES string of the molecule is O=C(CC[C@H](O)[C@@H](O)[C@H](O)[C@H](O)CO)c1ccc(CCc2ccc(Cl)c(COC3(c4cnccc4-c4ccccc4OC4CC4)CC3)c2)cc1. The molecule has 4 atom stereocenters. The van der Waals surface area contributed by atoms with Crippen LogP contribution in [0.5, 0.6) is 5.75 Å². The number of ketones is 1. The molecule has 2 aliphatic carbocycles. The average Bonchev–Trinajstić information content (AvgIpc) is 4.10. The van der Waals surface area contributed by atoms with E-state index in [1.807, 2.05) is 60.9 Å². The lowest BCUT2D eigenvalue weighted by molar-refractivity contribution is -0.116. The van der Waals surface area contributed by atoms with Gasteiger partial charge in [-0.2, -0.15) is 0 Å². The molecule has 2 aliphatic rings. The van der Waals surface area contributed by atoms with Crippen LogP contribution in [0.3, 0.4) is 0 Å². The maximum absolute atomic E-state index is 12.7. The van der Waals surface area contributed by atoms with Crippen LogP contribution in [-0.4, -0.2) is 73.4 Å². The van der Waals surface area contributed by atoms with Crippen LogP contribution >= 0.6 is 11.6 Å².